The molecule has 0 radical (unpaired) electrons. The lowest BCUT2D eigenvalue weighted by Crippen LogP contribution is -2.14. The first-order chi connectivity index (χ1) is 9.96. The molecule has 0 fully saturated rings. The van der Waals surface area contributed by atoms with E-state index in [0.29, 0.717) is 5.88 Å². The third-order valence-corrected chi connectivity index (χ3v) is 4.83. The van der Waals surface area contributed by atoms with Crippen LogP contribution < -0.4 is 4.74 Å². The molecule has 0 aliphatic carbocycles. The molecule has 0 bridgehead atoms. The number of ether oxygens (including phenoxy) is 1. The fraction of sp³-hybridized carbons (Fsp3) is 0.333. The molecule has 0 saturated carbocycles. The lowest BCUT2D eigenvalue weighted by atomic mass is 9.82. The number of benzene rings is 2. The number of alkyl halides is 1. The zero-order valence-corrected chi connectivity index (χ0v) is 15.0. The summed E-state index contributed by atoms with van der Waals surface area (Å²) in [6, 6.07) is 14.2. The van der Waals surface area contributed by atoms with E-state index < -0.39 is 0 Å². The van der Waals surface area contributed by atoms with Gasteiger partial charge in [0.15, 0.2) is 0 Å². The van der Waals surface area contributed by atoms with Gasteiger partial charge in [-0.3, -0.25) is 0 Å². The van der Waals surface area contributed by atoms with Gasteiger partial charge in [-0.25, -0.2) is 0 Å². The lowest BCUT2D eigenvalue weighted by molar-refractivity contribution is 0.475. The molecule has 112 valence electrons. The smallest absolute Gasteiger partial charge is 0.141 e. The molecule has 2 aromatic rings. The van der Waals surface area contributed by atoms with Crippen LogP contribution in [0.2, 0.25) is 0 Å². The van der Waals surface area contributed by atoms with E-state index in [4.69, 9.17) is 16.3 Å². The molecule has 0 aromatic heterocycles. The molecule has 0 unspecified atom stereocenters. The molecule has 0 saturated heterocycles. The normalized spacial score (nSPS) is 11.5. The third-order valence-electron chi connectivity index (χ3n) is 3.90. The summed E-state index contributed by atoms with van der Waals surface area (Å²) in [7, 11) is 0. The second kappa shape index (κ2) is 6.85. The number of rotatable bonds is 5. The van der Waals surface area contributed by atoms with Gasteiger partial charge in [0.2, 0.25) is 0 Å². The van der Waals surface area contributed by atoms with Crippen LogP contribution in [0.25, 0.3) is 0 Å². The Morgan fingerprint density at radius 2 is 1.76 bits per heavy atom. The predicted octanol–water partition coefficient (Wildman–Crippen LogP) is 6.67. The van der Waals surface area contributed by atoms with Gasteiger partial charge < -0.3 is 4.74 Å². The van der Waals surface area contributed by atoms with E-state index in [0.717, 1.165) is 28.0 Å². The molecular formula is C18H20BrClO. The molecule has 0 amide bonds. The van der Waals surface area contributed by atoms with Gasteiger partial charge >= 0.3 is 0 Å². The van der Waals surface area contributed by atoms with Crippen LogP contribution >= 0.6 is 27.5 Å². The molecule has 3 heteroatoms. The van der Waals surface area contributed by atoms with E-state index in [1.54, 1.807) is 0 Å². The van der Waals surface area contributed by atoms with Crippen LogP contribution in [0.3, 0.4) is 0 Å². The van der Waals surface area contributed by atoms with Crippen LogP contribution in [-0.2, 0) is 11.3 Å². The summed E-state index contributed by atoms with van der Waals surface area (Å²) in [5, 5.41) is 0. The van der Waals surface area contributed by atoms with E-state index in [1.165, 1.54) is 5.56 Å². The van der Waals surface area contributed by atoms with E-state index in [1.807, 2.05) is 30.3 Å². The average molecular weight is 368 g/mol. The van der Waals surface area contributed by atoms with Gasteiger partial charge in [0, 0.05) is 5.88 Å². The van der Waals surface area contributed by atoms with Gasteiger partial charge in [0.25, 0.3) is 0 Å². The molecule has 0 aliphatic rings. The Kier molecular flexibility index (Phi) is 5.34. The van der Waals surface area contributed by atoms with Crippen molar-refractivity contribution >= 4 is 27.5 Å². The highest BCUT2D eigenvalue weighted by Crippen LogP contribution is 2.33. The average Bonchev–Trinajstić information content (AvgIpc) is 2.50. The molecule has 0 spiro atoms. The standard InChI is InChI=1S/C18H20BrClO/c1-4-18(2,3)14-6-8-15(9-7-14)21-17-10-5-13(12-20)11-16(17)19/h5-11H,4,12H2,1-3H3. The Morgan fingerprint density at radius 1 is 1.10 bits per heavy atom. The topological polar surface area (TPSA) is 9.23 Å². The Balaban J connectivity index is 2.17. The quantitative estimate of drug-likeness (QED) is 0.536. The zero-order chi connectivity index (χ0) is 15.5. The van der Waals surface area contributed by atoms with Crippen molar-refractivity contribution in [3.8, 4) is 11.5 Å². The number of hydrogen-bond acceptors (Lipinski definition) is 1. The maximum Gasteiger partial charge on any atom is 0.141 e. The van der Waals surface area contributed by atoms with Crippen molar-refractivity contribution in [3.05, 3.63) is 58.1 Å². The van der Waals surface area contributed by atoms with Gasteiger partial charge in [-0.2, -0.15) is 0 Å². The fourth-order valence-electron chi connectivity index (χ4n) is 2.02. The summed E-state index contributed by atoms with van der Waals surface area (Å²) in [6.45, 7) is 6.72. The second-order valence-electron chi connectivity index (χ2n) is 5.76. The molecule has 0 heterocycles. The molecule has 0 N–H and O–H groups in total. The maximum absolute atomic E-state index is 5.92. The van der Waals surface area contributed by atoms with E-state index >= 15 is 0 Å². The summed E-state index contributed by atoms with van der Waals surface area (Å²) in [6.07, 6.45) is 1.11. The largest absolute Gasteiger partial charge is 0.456 e. The third kappa shape index (κ3) is 4.02. The Bertz CT molecular complexity index is 605. The molecule has 1 nitrogen and oxygen atoms in total. The lowest BCUT2D eigenvalue weighted by Gasteiger charge is -2.23. The monoisotopic (exact) mass is 366 g/mol. The van der Waals surface area contributed by atoms with Crippen molar-refractivity contribution in [2.45, 2.75) is 38.5 Å². The minimum absolute atomic E-state index is 0.196. The van der Waals surface area contributed by atoms with Crippen LogP contribution in [0.5, 0.6) is 11.5 Å². The second-order valence-corrected chi connectivity index (χ2v) is 6.88. The first-order valence-electron chi connectivity index (χ1n) is 7.09. The Hall–Kier alpha value is -0.990. The molecule has 2 rings (SSSR count). The summed E-state index contributed by atoms with van der Waals surface area (Å²) in [5.41, 5.74) is 2.59. The number of halogens is 2. The summed E-state index contributed by atoms with van der Waals surface area (Å²) in [5.74, 6) is 2.14. The van der Waals surface area contributed by atoms with Gasteiger partial charge in [-0.05, 0) is 63.2 Å². The van der Waals surface area contributed by atoms with Crippen molar-refractivity contribution < 1.29 is 4.74 Å². The van der Waals surface area contributed by atoms with Gasteiger partial charge in [-0.15, -0.1) is 11.6 Å². The SMILES string of the molecule is CCC(C)(C)c1ccc(Oc2ccc(CCl)cc2Br)cc1. The minimum atomic E-state index is 0.196. The first-order valence-corrected chi connectivity index (χ1v) is 8.42. The van der Waals surface area contributed by atoms with Gasteiger partial charge in [-0.1, -0.05) is 39.0 Å². The van der Waals surface area contributed by atoms with Crippen molar-refractivity contribution in [1.29, 1.82) is 0 Å². The Morgan fingerprint density at radius 3 is 2.29 bits per heavy atom. The molecular weight excluding hydrogens is 348 g/mol. The zero-order valence-electron chi connectivity index (χ0n) is 12.6. The maximum atomic E-state index is 5.92. The highest BCUT2D eigenvalue weighted by atomic mass is 79.9. The molecule has 21 heavy (non-hydrogen) atoms. The fourth-order valence-corrected chi connectivity index (χ4v) is 2.69. The highest BCUT2D eigenvalue weighted by Gasteiger charge is 2.17. The van der Waals surface area contributed by atoms with Crippen molar-refractivity contribution in [2.75, 3.05) is 0 Å². The van der Waals surface area contributed by atoms with Crippen molar-refractivity contribution in [2.24, 2.45) is 0 Å². The highest BCUT2D eigenvalue weighted by molar-refractivity contribution is 9.10. The van der Waals surface area contributed by atoms with Crippen LogP contribution in [-0.4, -0.2) is 0 Å². The first kappa shape index (κ1) is 16.4. The van der Waals surface area contributed by atoms with Crippen molar-refractivity contribution in [3.63, 3.8) is 0 Å². The predicted molar refractivity (Wildman–Crippen MR) is 93.5 cm³/mol. The molecule has 0 atom stereocenters. The van der Waals surface area contributed by atoms with Crippen LogP contribution in [0, 0.1) is 0 Å². The van der Waals surface area contributed by atoms with Crippen LogP contribution in [0.15, 0.2) is 46.9 Å². The van der Waals surface area contributed by atoms with Crippen LogP contribution in [0.4, 0.5) is 0 Å². The van der Waals surface area contributed by atoms with Crippen molar-refractivity contribution in [1.82, 2.24) is 0 Å². The van der Waals surface area contributed by atoms with E-state index in [9.17, 15) is 0 Å². The summed E-state index contributed by atoms with van der Waals surface area (Å²) >= 11 is 9.34. The van der Waals surface area contributed by atoms with Crippen LogP contribution in [0.1, 0.15) is 38.3 Å². The Labute approximate surface area is 140 Å². The summed E-state index contributed by atoms with van der Waals surface area (Å²) in [4.78, 5) is 0. The van der Waals surface area contributed by atoms with Gasteiger partial charge in [0.05, 0.1) is 4.47 Å². The van der Waals surface area contributed by atoms with E-state index in [2.05, 4.69) is 48.8 Å². The summed E-state index contributed by atoms with van der Waals surface area (Å²) < 4.78 is 6.84. The number of hydrogen-bond donors (Lipinski definition) is 0. The molecule has 2 aromatic carbocycles. The van der Waals surface area contributed by atoms with E-state index in [-0.39, 0.29) is 5.41 Å². The van der Waals surface area contributed by atoms with Gasteiger partial charge in [0.1, 0.15) is 11.5 Å². The molecule has 0 aliphatic heterocycles. The minimum Gasteiger partial charge on any atom is -0.456 e.